The number of nitrogens with zero attached hydrogens (tertiary/aromatic N) is 4. The maximum atomic E-state index is 4.79. The summed E-state index contributed by atoms with van der Waals surface area (Å²) >= 11 is 0. The van der Waals surface area contributed by atoms with Crippen molar-refractivity contribution in [2.75, 3.05) is 13.1 Å². The number of rotatable bonds is 2. The molecule has 0 N–H and O–H groups in total. The summed E-state index contributed by atoms with van der Waals surface area (Å²) in [6.45, 7) is 5.09. The van der Waals surface area contributed by atoms with Crippen LogP contribution in [-0.4, -0.2) is 34.0 Å². The highest BCUT2D eigenvalue weighted by Crippen LogP contribution is 2.46. The lowest BCUT2D eigenvalue weighted by Crippen LogP contribution is -2.44. The molecule has 5 nitrogen and oxygen atoms in total. The van der Waals surface area contributed by atoms with E-state index in [-0.39, 0.29) is 5.41 Å². The molecule has 1 aromatic carbocycles. The monoisotopic (exact) mass is 282 g/mol. The summed E-state index contributed by atoms with van der Waals surface area (Å²) in [7, 11) is 0. The van der Waals surface area contributed by atoms with Crippen molar-refractivity contribution in [2.24, 2.45) is 4.99 Å². The van der Waals surface area contributed by atoms with Crippen LogP contribution in [0, 0.1) is 0 Å². The van der Waals surface area contributed by atoms with Gasteiger partial charge in [-0.15, -0.1) is 0 Å². The van der Waals surface area contributed by atoms with E-state index >= 15 is 0 Å². The molecule has 1 aromatic heterocycles. The third-order valence-electron chi connectivity index (χ3n) is 4.90. The van der Waals surface area contributed by atoms with Crippen molar-refractivity contribution in [1.82, 2.24) is 15.2 Å². The number of para-hydroxylation sites is 1. The Balaban J connectivity index is 1.53. The van der Waals surface area contributed by atoms with Gasteiger partial charge in [-0.05, 0) is 44.5 Å². The first kappa shape index (κ1) is 12.7. The van der Waals surface area contributed by atoms with Gasteiger partial charge in [0.05, 0.1) is 11.9 Å². The third kappa shape index (κ3) is 2.00. The van der Waals surface area contributed by atoms with E-state index in [1.807, 2.05) is 0 Å². The topological polar surface area (TPSA) is 54.5 Å². The van der Waals surface area contributed by atoms with Crippen LogP contribution in [0.5, 0.6) is 0 Å². The van der Waals surface area contributed by atoms with Gasteiger partial charge in [0.2, 0.25) is 0 Å². The largest absolute Gasteiger partial charge is 0.297 e. The van der Waals surface area contributed by atoms with Crippen molar-refractivity contribution in [2.45, 2.75) is 31.7 Å². The highest BCUT2D eigenvalue weighted by molar-refractivity contribution is 6.00. The lowest BCUT2D eigenvalue weighted by molar-refractivity contribution is 0.180. The summed E-state index contributed by atoms with van der Waals surface area (Å²) in [6, 6.07) is 8.57. The van der Waals surface area contributed by atoms with Crippen LogP contribution in [0.2, 0.25) is 0 Å². The van der Waals surface area contributed by atoms with Crippen LogP contribution in [0.1, 0.15) is 31.0 Å². The molecule has 2 aliphatic heterocycles. The lowest BCUT2D eigenvalue weighted by atomic mass is 9.71. The van der Waals surface area contributed by atoms with Gasteiger partial charge in [0.1, 0.15) is 5.69 Å². The normalized spacial score (nSPS) is 20.5. The average molecular weight is 282 g/mol. The third-order valence-corrected chi connectivity index (χ3v) is 4.90. The second-order valence-corrected chi connectivity index (χ2v) is 5.97. The molecule has 2 aliphatic rings. The zero-order valence-electron chi connectivity index (χ0n) is 12.1. The highest BCUT2D eigenvalue weighted by Gasteiger charge is 2.43. The first-order chi connectivity index (χ1) is 10.3. The molecule has 108 valence electrons. The van der Waals surface area contributed by atoms with Crippen LogP contribution < -0.4 is 0 Å². The molecule has 0 bridgehead atoms. The fraction of sp³-hybridized carbons (Fsp3) is 0.438. The molecular weight excluding hydrogens is 264 g/mol. The molecule has 0 amide bonds. The van der Waals surface area contributed by atoms with Gasteiger partial charge in [-0.25, -0.2) is 4.63 Å². The number of piperidine rings is 1. The summed E-state index contributed by atoms with van der Waals surface area (Å²) in [6.07, 6.45) is 3.93. The van der Waals surface area contributed by atoms with Gasteiger partial charge in [-0.1, -0.05) is 28.5 Å². The minimum absolute atomic E-state index is 0.148. The molecule has 1 saturated heterocycles. The zero-order chi connectivity index (χ0) is 14.3. The van der Waals surface area contributed by atoms with Crippen molar-refractivity contribution in [1.29, 1.82) is 0 Å². The van der Waals surface area contributed by atoms with E-state index in [0.717, 1.165) is 43.9 Å². The standard InChI is InChI=1S/C16H18N4O/c1-12-16(14-4-2-3-5-15(14)18-12)6-8-20(9-7-16)11-13-10-17-21-19-13/h2-5,10H,6-9,11H2,1H3. The summed E-state index contributed by atoms with van der Waals surface area (Å²) in [4.78, 5) is 7.21. The molecule has 0 atom stereocenters. The molecule has 1 fully saturated rings. The summed E-state index contributed by atoms with van der Waals surface area (Å²) in [5.74, 6) is 0. The Morgan fingerprint density at radius 1 is 1.24 bits per heavy atom. The zero-order valence-corrected chi connectivity index (χ0v) is 12.1. The Morgan fingerprint density at radius 2 is 2.05 bits per heavy atom. The van der Waals surface area contributed by atoms with Gasteiger partial charge in [0, 0.05) is 17.7 Å². The van der Waals surface area contributed by atoms with Gasteiger partial charge in [0.25, 0.3) is 0 Å². The Labute approximate surface area is 123 Å². The fourth-order valence-electron chi connectivity index (χ4n) is 3.67. The number of benzene rings is 1. The molecule has 21 heavy (non-hydrogen) atoms. The van der Waals surface area contributed by atoms with Crippen LogP contribution in [0.25, 0.3) is 0 Å². The predicted molar refractivity (Wildman–Crippen MR) is 79.7 cm³/mol. The van der Waals surface area contributed by atoms with Gasteiger partial charge < -0.3 is 0 Å². The molecule has 3 heterocycles. The van der Waals surface area contributed by atoms with E-state index in [4.69, 9.17) is 4.99 Å². The van der Waals surface area contributed by atoms with E-state index in [9.17, 15) is 0 Å². The Hall–Kier alpha value is -2.01. The predicted octanol–water partition coefficient (Wildman–Crippen LogP) is 2.71. The van der Waals surface area contributed by atoms with Gasteiger partial charge in [-0.3, -0.25) is 9.89 Å². The highest BCUT2D eigenvalue weighted by atomic mass is 16.6. The second kappa shape index (κ2) is 4.77. The molecule has 2 aromatic rings. The van der Waals surface area contributed by atoms with Crippen molar-refractivity contribution >= 4 is 11.4 Å². The minimum atomic E-state index is 0.148. The van der Waals surface area contributed by atoms with E-state index in [1.165, 1.54) is 11.3 Å². The molecule has 0 aliphatic carbocycles. The van der Waals surface area contributed by atoms with Crippen LogP contribution in [0.4, 0.5) is 5.69 Å². The van der Waals surface area contributed by atoms with E-state index in [0.29, 0.717) is 0 Å². The lowest BCUT2D eigenvalue weighted by Gasteiger charge is -2.40. The van der Waals surface area contributed by atoms with E-state index in [2.05, 4.69) is 51.0 Å². The molecule has 5 heteroatoms. The number of fused-ring (bicyclic) bond motifs is 2. The molecule has 0 unspecified atom stereocenters. The minimum Gasteiger partial charge on any atom is -0.297 e. The first-order valence-corrected chi connectivity index (χ1v) is 7.42. The molecular formula is C16H18N4O. The Kier molecular flexibility index (Phi) is 2.89. The molecule has 0 radical (unpaired) electrons. The van der Waals surface area contributed by atoms with Crippen molar-refractivity contribution < 1.29 is 4.63 Å². The van der Waals surface area contributed by atoms with Crippen molar-refractivity contribution in [3.63, 3.8) is 0 Å². The van der Waals surface area contributed by atoms with Crippen molar-refractivity contribution in [3.05, 3.63) is 41.7 Å². The van der Waals surface area contributed by atoms with Crippen molar-refractivity contribution in [3.8, 4) is 0 Å². The van der Waals surface area contributed by atoms with Crippen LogP contribution in [0.3, 0.4) is 0 Å². The number of hydrogen-bond acceptors (Lipinski definition) is 5. The van der Waals surface area contributed by atoms with E-state index < -0.39 is 0 Å². The summed E-state index contributed by atoms with van der Waals surface area (Å²) in [5.41, 5.74) is 4.89. The van der Waals surface area contributed by atoms with Gasteiger partial charge in [-0.2, -0.15) is 0 Å². The number of aromatic nitrogens is 2. The Morgan fingerprint density at radius 3 is 2.81 bits per heavy atom. The molecule has 1 spiro atoms. The van der Waals surface area contributed by atoms with Crippen LogP contribution >= 0.6 is 0 Å². The number of hydrogen-bond donors (Lipinski definition) is 0. The number of aliphatic imine (C=N–C) groups is 1. The molecule has 4 rings (SSSR count). The summed E-state index contributed by atoms with van der Waals surface area (Å²) in [5, 5.41) is 7.57. The maximum absolute atomic E-state index is 4.79. The van der Waals surface area contributed by atoms with Gasteiger partial charge in [0.15, 0.2) is 0 Å². The van der Waals surface area contributed by atoms with Crippen LogP contribution in [-0.2, 0) is 12.0 Å². The SMILES string of the molecule is CC1=Nc2ccccc2C12CCN(Cc1cnon1)CC2. The average Bonchev–Trinajstić information content (AvgIpc) is 3.10. The number of likely N-dealkylation sites (tertiary alicyclic amines) is 1. The molecule has 0 saturated carbocycles. The smallest absolute Gasteiger partial charge is 0.119 e. The van der Waals surface area contributed by atoms with Crippen LogP contribution in [0.15, 0.2) is 40.1 Å². The summed E-state index contributed by atoms with van der Waals surface area (Å²) < 4.78 is 4.67. The quantitative estimate of drug-likeness (QED) is 0.850. The Bertz CT molecular complexity index is 669. The fourth-order valence-corrected chi connectivity index (χ4v) is 3.67. The second-order valence-electron chi connectivity index (χ2n) is 5.97. The maximum Gasteiger partial charge on any atom is 0.119 e. The van der Waals surface area contributed by atoms with E-state index in [1.54, 1.807) is 6.20 Å². The first-order valence-electron chi connectivity index (χ1n) is 7.42. The van der Waals surface area contributed by atoms with Gasteiger partial charge >= 0.3 is 0 Å².